The van der Waals surface area contributed by atoms with Gasteiger partial charge in [0.2, 0.25) is 0 Å². The van der Waals surface area contributed by atoms with Crippen molar-refractivity contribution in [2.75, 3.05) is 6.54 Å². The van der Waals surface area contributed by atoms with Crippen molar-refractivity contribution in [2.24, 2.45) is 0 Å². The number of rotatable bonds is 3. The minimum Gasteiger partial charge on any atom is -0.312 e. The zero-order valence-electron chi connectivity index (χ0n) is 12.6. The first-order chi connectivity index (χ1) is 10.1. The molecule has 0 saturated carbocycles. The summed E-state index contributed by atoms with van der Waals surface area (Å²) in [5.41, 5.74) is 6.02. The van der Waals surface area contributed by atoms with Crippen LogP contribution in [0.15, 0.2) is 42.5 Å². The van der Waals surface area contributed by atoms with Crippen LogP contribution in [0.5, 0.6) is 0 Å². The molecule has 2 nitrogen and oxygen atoms in total. The van der Waals surface area contributed by atoms with E-state index in [9.17, 15) is 4.79 Å². The van der Waals surface area contributed by atoms with Crippen LogP contribution in [0.1, 0.15) is 33.7 Å². The molecule has 0 radical (unpaired) electrons. The Labute approximate surface area is 126 Å². The van der Waals surface area contributed by atoms with Crippen molar-refractivity contribution < 1.29 is 4.79 Å². The van der Waals surface area contributed by atoms with E-state index >= 15 is 0 Å². The van der Waals surface area contributed by atoms with Crippen LogP contribution < -0.4 is 5.32 Å². The van der Waals surface area contributed by atoms with Gasteiger partial charge in [0.05, 0.1) is 5.92 Å². The number of ketones is 1. The van der Waals surface area contributed by atoms with Crippen LogP contribution >= 0.6 is 0 Å². The maximum absolute atomic E-state index is 12.7. The summed E-state index contributed by atoms with van der Waals surface area (Å²) in [7, 11) is 0. The van der Waals surface area contributed by atoms with Gasteiger partial charge >= 0.3 is 0 Å². The van der Waals surface area contributed by atoms with Crippen LogP contribution in [0, 0.1) is 13.8 Å². The Morgan fingerprint density at radius 1 is 1.14 bits per heavy atom. The minimum absolute atomic E-state index is 0.0178. The average Bonchev–Trinajstić information content (AvgIpc) is 2.45. The molecule has 0 aliphatic carbocycles. The van der Waals surface area contributed by atoms with Gasteiger partial charge < -0.3 is 5.32 Å². The Balaban J connectivity index is 1.83. The molecule has 1 heterocycles. The fourth-order valence-corrected chi connectivity index (χ4v) is 3.28. The van der Waals surface area contributed by atoms with Gasteiger partial charge in [-0.25, -0.2) is 0 Å². The molecule has 0 saturated heterocycles. The number of nitrogens with one attached hydrogen (secondary N) is 1. The smallest absolute Gasteiger partial charge is 0.145 e. The lowest BCUT2D eigenvalue weighted by Gasteiger charge is -2.25. The molecule has 0 amide bonds. The molecule has 2 heteroatoms. The molecule has 0 fully saturated rings. The molecule has 2 aromatic rings. The molecule has 1 aliphatic rings. The first-order valence-electron chi connectivity index (χ1n) is 7.52. The number of carbonyl (C=O) groups excluding carboxylic acids is 1. The second kappa shape index (κ2) is 5.82. The van der Waals surface area contributed by atoms with Gasteiger partial charge in [-0.2, -0.15) is 0 Å². The first-order valence-corrected chi connectivity index (χ1v) is 7.52. The van der Waals surface area contributed by atoms with Gasteiger partial charge in [-0.05, 0) is 30.5 Å². The molecule has 0 spiro atoms. The Morgan fingerprint density at radius 2 is 1.86 bits per heavy atom. The van der Waals surface area contributed by atoms with Gasteiger partial charge in [0, 0.05) is 19.5 Å². The third-order valence-electron chi connectivity index (χ3n) is 4.14. The van der Waals surface area contributed by atoms with E-state index in [0.29, 0.717) is 12.2 Å². The second-order valence-corrected chi connectivity index (χ2v) is 6.02. The molecule has 3 rings (SSSR count). The molecule has 2 aromatic carbocycles. The van der Waals surface area contributed by atoms with E-state index in [1.54, 1.807) is 0 Å². The zero-order valence-corrected chi connectivity index (χ0v) is 12.6. The summed E-state index contributed by atoms with van der Waals surface area (Å²) in [5.74, 6) is 0.287. The molecule has 1 unspecified atom stereocenters. The molecule has 1 atom stereocenters. The lowest BCUT2D eigenvalue weighted by Crippen LogP contribution is -2.33. The standard InChI is InChI=1S/C19H21NO/c1-13-7-14(2)9-15(8-13)10-19(21)18-12-20-11-16-5-3-4-6-17(16)18/h3-9,18,20H,10-12H2,1-2H3. The van der Waals surface area contributed by atoms with Crippen LogP contribution in [0.25, 0.3) is 0 Å². The number of benzene rings is 2. The largest absolute Gasteiger partial charge is 0.312 e. The van der Waals surface area contributed by atoms with E-state index in [4.69, 9.17) is 0 Å². The van der Waals surface area contributed by atoms with Crippen LogP contribution in [0.3, 0.4) is 0 Å². The quantitative estimate of drug-likeness (QED) is 0.934. The van der Waals surface area contributed by atoms with Crippen LogP contribution in [-0.2, 0) is 17.8 Å². The van der Waals surface area contributed by atoms with Gasteiger partial charge in [0.15, 0.2) is 0 Å². The molecule has 21 heavy (non-hydrogen) atoms. The predicted octanol–water partition coefficient (Wildman–Crippen LogP) is 3.30. The predicted molar refractivity (Wildman–Crippen MR) is 85.5 cm³/mol. The summed E-state index contributed by atoms with van der Waals surface area (Å²) in [6.45, 7) is 5.78. The fourth-order valence-electron chi connectivity index (χ4n) is 3.28. The van der Waals surface area contributed by atoms with Gasteiger partial charge in [0.1, 0.15) is 5.78 Å². The third kappa shape index (κ3) is 3.06. The Kier molecular flexibility index (Phi) is 3.89. The summed E-state index contributed by atoms with van der Waals surface area (Å²) in [6, 6.07) is 14.7. The molecule has 1 N–H and O–H groups in total. The molecule has 0 aromatic heterocycles. The van der Waals surface area contributed by atoms with E-state index in [2.05, 4.69) is 49.5 Å². The van der Waals surface area contributed by atoms with Gasteiger partial charge in [-0.3, -0.25) is 4.79 Å². The summed E-state index contributed by atoms with van der Waals surface area (Å²) in [6.07, 6.45) is 0.517. The van der Waals surface area contributed by atoms with Gasteiger partial charge in [-0.1, -0.05) is 53.6 Å². The van der Waals surface area contributed by atoms with Crippen LogP contribution in [-0.4, -0.2) is 12.3 Å². The van der Waals surface area contributed by atoms with E-state index < -0.39 is 0 Å². The van der Waals surface area contributed by atoms with Crippen molar-refractivity contribution >= 4 is 5.78 Å². The summed E-state index contributed by atoms with van der Waals surface area (Å²) in [4.78, 5) is 12.7. The van der Waals surface area contributed by atoms with E-state index in [0.717, 1.165) is 18.7 Å². The maximum Gasteiger partial charge on any atom is 0.145 e. The fraction of sp³-hybridized carbons (Fsp3) is 0.316. The number of hydrogen-bond acceptors (Lipinski definition) is 2. The molecular weight excluding hydrogens is 258 g/mol. The van der Waals surface area contributed by atoms with Crippen molar-refractivity contribution in [2.45, 2.75) is 32.7 Å². The lowest BCUT2D eigenvalue weighted by atomic mass is 9.85. The monoisotopic (exact) mass is 279 g/mol. The van der Waals surface area contributed by atoms with Gasteiger partial charge in [0.25, 0.3) is 0 Å². The minimum atomic E-state index is -0.0178. The molecule has 1 aliphatic heterocycles. The Morgan fingerprint density at radius 3 is 2.62 bits per heavy atom. The van der Waals surface area contributed by atoms with Crippen molar-refractivity contribution in [3.63, 3.8) is 0 Å². The maximum atomic E-state index is 12.7. The normalized spacial score (nSPS) is 17.3. The van der Waals surface area contributed by atoms with Crippen molar-refractivity contribution in [1.82, 2.24) is 5.32 Å². The number of hydrogen-bond donors (Lipinski definition) is 1. The highest BCUT2D eigenvalue weighted by molar-refractivity contribution is 5.88. The second-order valence-electron chi connectivity index (χ2n) is 6.02. The number of Topliss-reactive ketones (excluding diaryl/α,β-unsaturated/α-hetero) is 1. The highest BCUT2D eigenvalue weighted by atomic mass is 16.1. The molecule has 108 valence electrons. The first kappa shape index (κ1) is 14.0. The van der Waals surface area contributed by atoms with Crippen molar-refractivity contribution in [3.8, 4) is 0 Å². The molecule has 0 bridgehead atoms. The van der Waals surface area contributed by atoms with Crippen LogP contribution in [0.4, 0.5) is 0 Å². The summed E-state index contributed by atoms with van der Waals surface area (Å²) in [5, 5.41) is 3.36. The van der Waals surface area contributed by atoms with Crippen LogP contribution in [0.2, 0.25) is 0 Å². The zero-order chi connectivity index (χ0) is 14.8. The average molecular weight is 279 g/mol. The SMILES string of the molecule is Cc1cc(C)cc(CC(=O)C2CNCc3ccccc32)c1. The summed E-state index contributed by atoms with van der Waals surface area (Å²) >= 11 is 0. The van der Waals surface area contributed by atoms with E-state index in [1.807, 2.05) is 12.1 Å². The highest BCUT2D eigenvalue weighted by Crippen LogP contribution is 2.26. The summed E-state index contributed by atoms with van der Waals surface area (Å²) < 4.78 is 0. The molecular formula is C19H21NO. The van der Waals surface area contributed by atoms with Crippen molar-refractivity contribution in [1.29, 1.82) is 0 Å². The van der Waals surface area contributed by atoms with E-state index in [1.165, 1.54) is 22.3 Å². The number of aryl methyl sites for hydroxylation is 2. The highest BCUT2D eigenvalue weighted by Gasteiger charge is 2.25. The van der Waals surface area contributed by atoms with Gasteiger partial charge in [-0.15, -0.1) is 0 Å². The van der Waals surface area contributed by atoms with E-state index in [-0.39, 0.29) is 5.92 Å². The number of fused-ring (bicyclic) bond motifs is 1. The Bertz CT molecular complexity index is 655. The third-order valence-corrected chi connectivity index (χ3v) is 4.14. The number of carbonyl (C=O) groups is 1. The Hall–Kier alpha value is -1.93. The topological polar surface area (TPSA) is 29.1 Å². The van der Waals surface area contributed by atoms with Crippen molar-refractivity contribution in [3.05, 3.63) is 70.3 Å². The lowest BCUT2D eigenvalue weighted by molar-refractivity contribution is -0.119.